The molecule has 80 valence electrons. The molecule has 0 bridgehead atoms. The molecule has 0 aliphatic rings. The first-order chi connectivity index (χ1) is 6.63. The van der Waals surface area contributed by atoms with E-state index in [0.29, 0.717) is 17.9 Å². The van der Waals surface area contributed by atoms with Crippen LogP contribution in [0.4, 0.5) is 0 Å². The van der Waals surface area contributed by atoms with Crippen LogP contribution >= 0.6 is 0 Å². The maximum absolute atomic E-state index is 10.8. The zero-order valence-corrected chi connectivity index (χ0v) is 8.28. The van der Waals surface area contributed by atoms with Gasteiger partial charge in [0.1, 0.15) is 6.61 Å². The van der Waals surface area contributed by atoms with E-state index in [2.05, 4.69) is 0 Å². The smallest absolute Gasteiger partial charge is 0.396 e. The predicted octanol–water partition coefficient (Wildman–Crippen LogP) is 1.04. The van der Waals surface area contributed by atoms with E-state index in [1.807, 2.05) is 6.92 Å². The summed E-state index contributed by atoms with van der Waals surface area (Å²) in [6.07, 6.45) is 0.596. The fourth-order valence-corrected chi connectivity index (χ4v) is 1.06. The lowest BCUT2D eigenvalue weighted by atomic mass is 10.2. The van der Waals surface area contributed by atoms with E-state index in [-0.39, 0.29) is 6.61 Å². The van der Waals surface area contributed by atoms with Crippen LogP contribution in [0, 0.1) is 0 Å². The van der Waals surface area contributed by atoms with Gasteiger partial charge in [-0.1, -0.05) is 6.92 Å². The number of hydrogen-bond acceptors (Lipinski definition) is 5. The largest absolute Gasteiger partial charge is 0.519 e. The van der Waals surface area contributed by atoms with Crippen LogP contribution in [0.3, 0.4) is 0 Å². The number of aliphatic hydroxyl groups is 1. The van der Waals surface area contributed by atoms with Crippen molar-refractivity contribution in [1.29, 1.82) is 0 Å². The topological polar surface area (TPSA) is 72.8 Å². The van der Waals surface area contributed by atoms with Gasteiger partial charge in [-0.2, -0.15) is 0 Å². The molecule has 0 saturated heterocycles. The van der Waals surface area contributed by atoms with Gasteiger partial charge in [-0.15, -0.1) is 0 Å². The van der Waals surface area contributed by atoms with E-state index in [9.17, 15) is 4.79 Å². The van der Waals surface area contributed by atoms with E-state index in [1.165, 1.54) is 6.92 Å². The van der Waals surface area contributed by atoms with E-state index < -0.39 is 12.1 Å². The van der Waals surface area contributed by atoms with E-state index in [0.717, 1.165) is 6.42 Å². The minimum atomic E-state index is -0.885. The van der Waals surface area contributed by atoms with Crippen molar-refractivity contribution in [3.8, 4) is 0 Å². The Labute approximate surface area is 81.3 Å². The fourth-order valence-electron chi connectivity index (χ4n) is 1.06. The molecule has 5 nitrogen and oxygen atoms in total. The van der Waals surface area contributed by atoms with Crippen LogP contribution in [0.2, 0.25) is 0 Å². The molecule has 1 aromatic rings. The Morgan fingerprint density at radius 2 is 2.07 bits per heavy atom. The average Bonchev–Trinajstić information content (AvgIpc) is 2.44. The molecule has 0 fully saturated rings. The molecule has 0 saturated carbocycles. The molecular formula is C9H14O5. The minimum Gasteiger partial charge on any atom is -0.396 e. The normalized spacial score (nSPS) is 13.1. The van der Waals surface area contributed by atoms with E-state index in [1.54, 1.807) is 0 Å². The molecule has 1 unspecified atom stereocenters. The molecule has 1 aromatic heterocycles. The van der Waals surface area contributed by atoms with Crippen LogP contribution in [0.25, 0.3) is 0 Å². The third-order valence-electron chi connectivity index (χ3n) is 1.66. The van der Waals surface area contributed by atoms with Crippen molar-refractivity contribution in [3.05, 3.63) is 22.1 Å². The summed E-state index contributed by atoms with van der Waals surface area (Å²) in [6, 6.07) is 0. The Kier molecular flexibility index (Phi) is 3.91. The van der Waals surface area contributed by atoms with Crippen molar-refractivity contribution < 1.29 is 18.7 Å². The monoisotopic (exact) mass is 202 g/mol. The molecule has 0 aliphatic heterocycles. The summed E-state index contributed by atoms with van der Waals surface area (Å²) in [6.45, 7) is 3.50. The maximum atomic E-state index is 10.8. The second-order valence-electron chi connectivity index (χ2n) is 2.96. The van der Waals surface area contributed by atoms with Gasteiger partial charge in [0.25, 0.3) is 0 Å². The van der Waals surface area contributed by atoms with Crippen molar-refractivity contribution in [2.75, 3.05) is 0 Å². The van der Waals surface area contributed by atoms with Crippen LogP contribution in [-0.4, -0.2) is 11.4 Å². The fraction of sp³-hybridized carbons (Fsp3) is 0.667. The highest BCUT2D eigenvalue weighted by Crippen LogP contribution is 2.11. The second kappa shape index (κ2) is 4.97. The summed E-state index contributed by atoms with van der Waals surface area (Å²) in [5.74, 6) is 0.133. The molecule has 0 aromatic carbocycles. The maximum Gasteiger partial charge on any atom is 0.519 e. The lowest BCUT2D eigenvalue weighted by Gasteiger charge is -2.03. The van der Waals surface area contributed by atoms with Crippen LogP contribution in [0.15, 0.2) is 13.6 Å². The zero-order valence-electron chi connectivity index (χ0n) is 8.28. The summed E-state index contributed by atoms with van der Waals surface area (Å²) in [5.41, 5.74) is 0. The lowest BCUT2D eigenvalue weighted by Crippen LogP contribution is -2.06. The standard InChI is InChI=1S/C9H14O5/c1-3-4-7-8(5-12-6(2)10)14-9(11)13-7/h6,10H,3-5H2,1-2H3. The number of rotatable bonds is 5. The second-order valence-corrected chi connectivity index (χ2v) is 2.96. The molecule has 1 heterocycles. The molecule has 1 rings (SSSR count). The Morgan fingerprint density at radius 1 is 1.43 bits per heavy atom. The summed E-state index contributed by atoms with van der Waals surface area (Å²) in [5, 5.41) is 8.87. The molecule has 0 spiro atoms. The van der Waals surface area contributed by atoms with Gasteiger partial charge in [-0.3, -0.25) is 0 Å². The number of aryl methyl sites for hydroxylation is 1. The molecule has 0 amide bonds. The summed E-state index contributed by atoms with van der Waals surface area (Å²) < 4.78 is 14.5. The summed E-state index contributed by atoms with van der Waals surface area (Å²) in [4.78, 5) is 10.8. The predicted molar refractivity (Wildman–Crippen MR) is 47.7 cm³/mol. The molecular weight excluding hydrogens is 188 g/mol. The number of ether oxygens (including phenoxy) is 1. The molecule has 5 heteroatoms. The van der Waals surface area contributed by atoms with Gasteiger partial charge in [0.15, 0.2) is 17.8 Å². The molecule has 0 aliphatic carbocycles. The van der Waals surface area contributed by atoms with Crippen molar-refractivity contribution in [2.45, 2.75) is 39.6 Å². The zero-order chi connectivity index (χ0) is 10.6. The quantitative estimate of drug-likeness (QED) is 0.722. The molecule has 1 N–H and O–H groups in total. The van der Waals surface area contributed by atoms with Gasteiger partial charge < -0.3 is 18.7 Å². The number of aliphatic hydroxyl groups excluding tert-OH is 1. The SMILES string of the molecule is CCCc1oc(=O)oc1COC(C)O. The molecule has 14 heavy (non-hydrogen) atoms. The van der Waals surface area contributed by atoms with Gasteiger partial charge in [-0.05, 0) is 13.3 Å². The Hall–Kier alpha value is -1.07. The van der Waals surface area contributed by atoms with Crippen LogP contribution in [-0.2, 0) is 17.8 Å². The third-order valence-corrected chi connectivity index (χ3v) is 1.66. The van der Waals surface area contributed by atoms with Crippen LogP contribution in [0.1, 0.15) is 31.8 Å². The highest BCUT2D eigenvalue weighted by Gasteiger charge is 2.12. The van der Waals surface area contributed by atoms with Crippen LogP contribution in [0.5, 0.6) is 0 Å². The van der Waals surface area contributed by atoms with Crippen molar-refractivity contribution in [3.63, 3.8) is 0 Å². The summed E-state index contributed by atoms with van der Waals surface area (Å²) in [7, 11) is 0. The van der Waals surface area contributed by atoms with Gasteiger partial charge >= 0.3 is 5.82 Å². The first-order valence-electron chi connectivity index (χ1n) is 4.54. The molecule has 1 atom stereocenters. The van der Waals surface area contributed by atoms with E-state index >= 15 is 0 Å². The Bertz CT molecular complexity index is 322. The average molecular weight is 202 g/mol. The van der Waals surface area contributed by atoms with Crippen molar-refractivity contribution in [1.82, 2.24) is 0 Å². The van der Waals surface area contributed by atoms with Crippen LogP contribution < -0.4 is 5.82 Å². The highest BCUT2D eigenvalue weighted by atomic mass is 16.6. The van der Waals surface area contributed by atoms with Gasteiger partial charge in [0.05, 0.1) is 0 Å². The highest BCUT2D eigenvalue weighted by molar-refractivity contribution is 5.01. The van der Waals surface area contributed by atoms with Crippen molar-refractivity contribution >= 4 is 0 Å². The third kappa shape index (κ3) is 3.01. The van der Waals surface area contributed by atoms with E-state index in [4.69, 9.17) is 18.7 Å². The minimum absolute atomic E-state index is 0.0543. The Balaban J connectivity index is 2.68. The first kappa shape index (κ1) is 11.0. The lowest BCUT2D eigenvalue weighted by molar-refractivity contribution is -0.0985. The van der Waals surface area contributed by atoms with Crippen molar-refractivity contribution in [2.24, 2.45) is 0 Å². The Morgan fingerprint density at radius 3 is 2.64 bits per heavy atom. The summed E-state index contributed by atoms with van der Waals surface area (Å²) >= 11 is 0. The first-order valence-corrected chi connectivity index (χ1v) is 4.54. The van der Waals surface area contributed by atoms with Gasteiger partial charge in [0.2, 0.25) is 0 Å². The van der Waals surface area contributed by atoms with Gasteiger partial charge in [-0.25, -0.2) is 4.79 Å². The molecule has 0 radical (unpaired) electrons. The van der Waals surface area contributed by atoms with Gasteiger partial charge in [0, 0.05) is 6.42 Å². The number of hydrogen-bond donors (Lipinski definition) is 1.